The number of rotatable bonds is 6. The second kappa shape index (κ2) is 6.59. The largest absolute Gasteiger partial charge is 0.494 e. The molecule has 0 bridgehead atoms. The van der Waals surface area contributed by atoms with Gasteiger partial charge in [-0.25, -0.2) is 8.42 Å². The first kappa shape index (κ1) is 16.3. The van der Waals surface area contributed by atoms with Gasteiger partial charge in [0.1, 0.15) is 5.75 Å². The van der Waals surface area contributed by atoms with Crippen LogP contribution in [0.25, 0.3) is 0 Å². The van der Waals surface area contributed by atoms with Crippen LogP contribution in [0.1, 0.15) is 26.3 Å². The molecule has 0 fully saturated rings. The van der Waals surface area contributed by atoms with Crippen LogP contribution in [0.3, 0.4) is 0 Å². The zero-order valence-corrected chi connectivity index (χ0v) is 13.3. The molecule has 0 radical (unpaired) electrons. The minimum absolute atomic E-state index is 0.101. The lowest BCUT2D eigenvalue weighted by Crippen LogP contribution is -2.33. The quantitative estimate of drug-likeness (QED) is 0.759. The van der Waals surface area contributed by atoms with E-state index in [4.69, 9.17) is 16.3 Å². The number of hydrogen-bond donors (Lipinski definition) is 0. The van der Waals surface area contributed by atoms with Crippen molar-refractivity contribution >= 4 is 21.6 Å². The number of nitrogens with zero attached hydrogens (tertiary/aromatic N) is 1. The Morgan fingerprint density at radius 2 is 2.00 bits per heavy atom. The molecule has 6 heteroatoms. The molecule has 108 valence electrons. The maximum absolute atomic E-state index is 12.4. The summed E-state index contributed by atoms with van der Waals surface area (Å²) in [5.74, 6) is 0.841. The summed E-state index contributed by atoms with van der Waals surface area (Å²) in [6.45, 7) is 6.04. The highest BCUT2D eigenvalue weighted by Crippen LogP contribution is 2.26. The number of ether oxygens (including phenoxy) is 1. The highest BCUT2D eigenvalue weighted by atomic mass is 35.5. The predicted octanol–water partition coefficient (Wildman–Crippen LogP) is 2.85. The van der Waals surface area contributed by atoms with E-state index in [1.807, 2.05) is 20.8 Å². The average molecular weight is 306 g/mol. The van der Waals surface area contributed by atoms with Gasteiger partial charge in [-0.3, -0.25) is 0 Å². The van der Waals surface area contributed by atoms with Crippen molar-refractivity contribution in [3.63, 3.8) is 0 Å². The first-order valence-corrected chi connectivity index (χ1v) is 8.11. The number of hydrogen-bond acceptors (Lipinski definition) is 3. The number of benzene rings is 1. The van der Waals surface area contributed by atoms with Crippen molar-refractivity contribution in [3.05, 3.63) is 23.8 Å². The average Bonchev–Trinajstić information content (AvgIpc) is 2.38. The Morgan fingerprint density at radius 3 is 2.47 bits per heavy atom. The minimum atomic E-state index is -3.48. The molecular weight excluding hydrogens is 286 g/mol. The van der Waals surface area contributed by atoms with Crippen LogP contribution in [0.5, 0.6) is 5.75 Å². The molecule has 0 heterocycles. The smallest absolute Gasteiger partial charge is 0.243 e. The Bertz CT molecular complexity index is 529. The van der Waals surface area contributed by atoms with Gasteiger partial charge in [0.15, 0.2) is 0 Å². The van der Waals surface area contributed by atoms with Crippen molar-refractivity contribution in [2.45, 2.75) is 37.6 Å². The van der Waals surface area contributed by atoms with Gasteiger partial charge in [0, 0.05) is 18.7 Å². The summed E-state index contributed by atoms with van der Waals surface area (Å²) in [7, 11) is -1.92. The summed E-state index contributed by atoms with van der Waals surface area (Å²) < 4.78 is 31.5. The molecular formula is C13H20ClNO3S. The van der Waals surface area contributed by atoms with Crippen LogP contribution in [0.15, 0.2) is 23.1 Å². The number of sulfonamides is 1. The van der Waals surface area contributed by atoms with Crippen molar-refractivity contribution < 1.29 is 13.2 Å². The molecule has 0 atom stereocenters. The van der Waals surface area contributed by atoms with Gasteiger partial charge in [-0.2, -0.15) is 4.31 Å². The van der Waals surface area contributed by atoms with Crippen LogP contribution in [0, 0.1) is 0 Å². The Balaban J connectivity index is 3.22. The Hall–Kier alpha value is -0.780. The molecule has 19 heavy (non-hydrogen) atoms. The Kier molecular flexibility index (Phi) is 5.64. The number of alkyl halides is 1. The maximum atomic E-state index is 12.4. The van der Waals surface area contributed by atoms with Crippen molar-refractivity contribution in [2.75, 3.05) is 13.7 Å². The first-order chi connectivity index (χ1) is 8.84. The fraction of sp³-hybridized carbons (Fsp3) is 0.538. The van der Waals surface area contributed by atoms with Crippen LogP contribution in [-0.2, 0) is 15.9 Å². The van der Waals surface area contributed by atoms with E-state index in [2.05, 4.69) is 0 Å². The Labute approximate surface area is 120 Å². The summed E-state index contributed by atoms with van der Waals surface area (Å²) in [6, 6.07) is 4.68. The molecule has 0 spiro atoms. The summed E-state index contributed by atoms with van der Waals surface area (Å²) >= 11 is 5.84. The fourth-order valence-electron chi connectivity index (χ4n) is 1.56. The van der Waals surface area contributed by atoms with Gasteiger partial charge < -0.3 is 4.74 Å². The van der Waals surface area contributed by atoms with Gasteiger partial charge in [-0.05, 0) is 39.0 Å². The molecule has 0 aromatic heterocycles. The van der Waals surface area contributed by atoms with E-state index >= 15 is 0 Å². The van der Waals surface area contributed by atoms with Gasteiger partial charge in [0.25, 0.3) is 0 Å². The van der Waals surface area contributed by atoms with Crippen LogP contribution in [0.2, 0.25) is 0 Å². The maximum Gasteiger partial charge on any atom is 0.243 e. The fourth-order valence-corrected chi connectivity index (χ4v) is 3.19. The third-order valence-electron chi connectivity index (χ3n) is 2.88. The molecule has 0 saturated heterocycles. The topological polar surface area (TPSA) is 46.6 Å². The zero-order chi connectivity index (χ0) is 14.6. The van der Waals surface area contributed by atoms with Crippen molar-refractivity contribution in [3.8, 4) is 5.75 Å². The standard InChI is InChI=1S/C13H20ClNO3S/c1-5-18-13-7-6-12(8-11(13)9-14)19(16,17)15(4)10(2)3/h6-8,10H,5,9H2,1-4H3. The zero-order valence-electron chi connectivity index (χ0n) is 11.7. The van der Waals surface area contributed by atoms with Crippen LogP contribution < -0.4 is 4.74 Å². The predicted molar refractivity (Wildman–Crippen MR) is 77.3 cm³/mol. The summed E-state index contributed by atoms with van der Waals surface area (Å²) in [5.41, 5.74) is 0.682. The molecule has 0 aliphatic rings. The van der Waals surface area contributed by atoms with E-state index in [1.165, 1.54) is 4.31 Å². The molecule has 0 amide bonds. The number of halogens is 1. The van der Waals surface area contributed by atoms with Gasteiger partial charge in [0.05, 0.1) is 17.4 Å². The van der Waals surface area contributed by atoms with Gasteiger partial charge in [0.2, 0.25) is 10.0 Å². The highest BCUT2D eigenvalue weighted by Gasteiger charge is 2.23. The summed E-state index contributed by atoms with van der Waals surface area (Å²) in [6.07, 6.45) is 0. The second-order valence-corrected chi connectivity index (χ2v) is 6.72. The molecule has 1 rings (SSSR count). The van der Waals surface area contributed by atoms with Crippen LogP contribution >= 0.6 is 11.6 Å². The van der Waals surface area contributed by atoms with Gasteiger partial charge in [-0.1, -0.05) is 0 Å². The monoisotopic (exact) mass is 305 g/mol. The molecule has 0 aliphatic carbocycles. The van der Waals surface area contributed by atoms with E-state index in [0.29, 0.717) is 17.9 Å². The third-order valence-corrected chi connectivity index (χ3v) is 5.20. The summed E-state index contributed by atoms with van der Waals surface area (Å²) in [5, 5.41) is 0. The first-order valence-electron chi connectivity index (χ1n) is 6.14. The van der Waals surface area contributed by atoms with Gasteiger partial charge in [-0.15, -0.1) is 11.6 Å². The molecule has 1 aromatic rings. The van der Waals surface area contributed by atoms with Crippen molar-refractivity contribution in [2.24, 2.45) is 0 Å². The molecule has 4 nitrogen and oxygen atoms in total. The molecule has 1 aromatic carbocycles. The highest BCUT2D eigenvalue weighted by molar-refractivity contribution is 7.89. The van der Waals surface area contributed by atoms with Crippen molar-refractivity contribution in [1.29, 1.82) is 0 Å². The summed E-state index contributed by atoms with van der Waals surface area (Å²) in [4.78, 5) is 0.239. The van der Waals surface area contributed by atoms with E-state index in [9.17, 15) is 8.42 Å². The molecule has 0 unspecified atom stereocenters. The Morgan fingerprint density at radius 1 is 1.37 bits per heavy atom. The lowest BCUT2D eigenvalue weighted by atomic mass is 10.2. The van der Waals surface area contributed by atoms with Crippen LogP contribution in [0.4, 0.5) is 0 Å². The molecule has 0 N–H and O–H groups in total. The van der Waals surface area contributed by atoms with Crippen molar-refractivity contribution in [1.82, 2.24) is 4.31 Å². The lowest BCUT2D eigenvalue weighted by Gasteiger charge is -2.21. The van der Waals surface area contributed by atoms with Gasteiger partial charge >= 0.3 is 0 Å². The SMILES string of the molecule is CCOc1ccc(S(=O)(=O)N(C)C(C)C)cc1CCl. The second-order valence-electron chi connectivity index (χ2n) is 4.45. The minimum Gasteiger partial charge on any atom is -0.494 e. The lowest BCUT2D eigenvalue weighted by molar-refractivity contribution is 0.337. The molecule has 0 saturated carbocycles. The third kappa shape index (κ3) is 3.61. The van der Waals surface area contributed by atoms with E-state index in [0.717, 1.165) is 0 Å². The van der Waals surface area contributed by atoms with E-state index in [1.54, 1.807) is 25.2 Å². The van der Waals surface area contributed by atoms with E-state index < -0.39 is 10.0 Å². The molecule has 0 aliphatic heterocycles. The normalized spacial score (nSPS) is 12.2. The van der Waals surface area contributed by atoms with E-state index in [-0.39, 0.29) is 16.8 Å². The van der Waals surface area contributed by atoms with Crippen LogP contribution in [-0.4, -0.2) is 32.4 Å².